The Morgan fingerprint density at radius 3 is 2.41 bits per heavy atom. The van der Waals surface area contributed by atoms with Crippen molar-refractivity contribution in [1.82, 2.24) is 15.1 Å². The van der Waals surface area contributed by atoms with E-state index in [9.17, 15) is 19.7 Å². The molecule has 2 amide bonds. The van der Waals surface area contributed by atoms with Gasteiger partial charge in [0.15, 0.2) is 0 Å². The first kappa shape index (κ1) is 22.4. The van der Waals surface area contributed by atoms with Gasteiger partial charge in [-0.3, -0.25) is 19.7 Å². The Bertz CT molecular complexity index is 1350. The van der Waals surface area contributed by atoms with Gasteiger partial charge in [0.1, 0.15) is 0 Å². The highest BCUT2D eigenvalue weighted by Crippen LogP contribution is 2.26. The Morgan fingerprint density at radius 1 is 1.00 bits per heavy atom. The van der Waals surface area contributed by atoms with Crippen molar-refractivity contribution < 1.29 is 14.5 Å². The summed E-state index contributed by atoms with van der Waals surface area (Å²) in [5, 5.41) is 21.0. The molecule has 0 saturated carbocycles. The van der Waals surface area contributed by atoms with E-state index in [-0.39, 0.29) is 23.9 Å². The van der Waals surface area contributed by atoms with E-state index >= 15 is 0 Å². The van der Waals surface area contributed by atoms with E-state index in [1.165, 1.54) is 19.2 Å². The molecule has 9 nitrogen and oxygen atoms in total. The van der Waals surface area contributed by atoms with Gasteiger partial charge in [-0.05, 0) is 42.5 Å². The Morgan fingerprint density at radius 2 is 1.74 bits per heavy atom. The number of benzene rings is 3. The van der Waals surface area contributed by atoms with Gasteiger partial charge in [0.2, 0.25) is 5.91 Å². The second-order valence-electron chi connectivity index (χ2n) is 7.47. The highest BCUT2D eigenvalue weighted by Gasteiger charge is 2.17. The number of amides is 2. The smallest absolute Gasteiger partial charge is 0.269 e. The standard InChI is InChI=1S/C25H21N5O4/c1-26-25(32)18-6-5-7-20(14-18)27-23(31)15-19-16-29(21-8-3-2-4-9-21)28-24(19)17-10-12-22(13-11-17)30(33)34/h2-14,16H,15H2,1H3,(H,26,32)(H,27,31). The largest absolute Gasteiger partial charge is 0.355 e. The molecule has 34 heavy (non-hydrogen) atoms. The Kier molecular flexibility index (Phi) is 6.45. The van der Waals surface area contributed by atoms with E-state index in [0.29, 0.717) is 28.1 Å². The maximum atomic E-state index is 12.9. The number of nitrogens with zero attached hydrogens (tertiary/aromatic N) is 3. The topological polar surface area (TPSA) is 119 Å². The molecule has 1 aromatic heterocycles. The Balaban J connectivity index is 1.63. The minimum Gasteiger partial charge on any atom is -0.355 e. The van der Waals surface area contributed by atoms with E-state index in [0.717, 1.165) is 5.69 Å². The third-order valence-electron chi connectivity index (χ3n) is 5.15. The third-order valence-corrected chi connectivity index (χ3v) is 5.15. The fourth-order valence-corrected chi connectivity index (χ4v) is 3.50. The molecule has 0 aliphatic rings. The molecule has 170 valence electrons. The molecular weight excluding hydrogens is 434 g/mol. The predicted octanol–water partition coefficient (Wildman–Crippen LogP) is 3.99. The summed E-state index contributed by atoms with van der Waals surface area (Å²) in [6.45, 7) is 0. The van der Waals surface area contributed by atoms with Crippen LogP contribution in [0.15, 0.2) is 85.1 Å². The van der Waals surface area contributed by atoms with Crippen LogP contribution < -0.4 is 10.6 Å². The van der Waals surface area contributed by atoms with Gasteiger partial charge in [-0.2, -0.15) is 5.10 Å². The maximum Gasteiger partial charge on any atom is 0.269 e. The van der Waals surface area contributed by atoms with Gasteiger partial charge < -0.3 is 10.6 Å². The summed E-state index contributed by atoms with van der Waals surface area (Å²) in [7, 11) is 1.54. The van der Waals surface area contributed by atoms with Crippen molar-refractivity contribution in [2.24, 2.45) is 0 Å². The highest BCUT2D eigenvalue weighted by atomic mass is 16.6. The van der Waals surface area contributed by atoms with E-state index in [1.54, 1.807) is 47.3 Å². The quantitative estimate of drug-likeness (QED) is 0.323. The lowest BCUT2D eigenvalue weighted by molar-refractivity contribution is -0.384. The molecule has 0 radical (unpaired) electrons. The molecule has 0 bridgehead atoms. The SMILES string of the molecule is CNC(=O)c1cccc(NC(=O)Cc2cn(-c3ccccc3)nc2-c2ccc([N+](=O)[O-])cc2)c1. The van der Waals surface area contributed by atoms with Crippen LogP contribution in [-0.2, 0) is 11.2 Å². The van der Waals surface area contributed by atoms with E-state index in [1.807, 2.05) is 30.3 Å². The van der Waals surface area contributed by atoms with Gasteiger partial charge >= 0.3 is 0 Å². The number of para-hydroxylation sites is 1. The lowest BCUT2D eigenvalue weighted by atomic mass is 10.1. The lowest BCUT2D eigenvalue weighted by Gasteiger charge is -2.07. The third kappa shape index (κ3) is 4.99. The van der Waals surface area contributed by atoms with Gasteiger partial charge in [0, 0.05) is 47.8 Å². The maximum absolute atomic E-state index is 12.9. The zero-order chi connectivity index (χ0) is 24.1. The highest BCUT2D eigenvalue weighted by molar-refractivity contribution is 5.97. The van der Waals surface area contributed by atoms with Crippen LogP contribution in [0.1, 0.15) is 15.9 Å². The monoisotopic (exact) mass is 455 g/mol. The van der Waals surface area contributed by atoms with Crippen LogP contribution in [0, 0.1) is 10.1 Å². The molecule has 0 unspecified atom stereocenters. The minimum absolute atomic E-state index is 0.0172. The number of rotatable bonds is 7. The molecule has 0 saturated heterocycles. The average molecular weight is 455 g/mol. The first-order valence-corrected chi connectivity index (χ1v) is 10.5. The number of nitrogens with one attached hydrogen (secondary N) is 2. The first-order valence-electron chi connectivity index (χ1n) is 10.5. The molecule has 2 N–H and O–H groups in total. The second kappa shape index (κ2) is 9.78. The van der Waals surface area contributed by atoms with Crippen LogP contribution in [-0.4, -0.2) is 33.6 Å². The number of carbonyl (C=O) groups excluding carboxylic acids is 2. The Hall–Kier alpha value is -4.79. The van der Waals surface area contributed by atoms with Crippen LogP contribution in [0.2, 0.25) is 0 Å². The molecule has 0 fully saturated rings. The Labute approximate surface area is 195 Å². The second-order valence-corrected chi connectivity index (χ2v) is 7.47. The molecule has 0 spiro atoms. The van der Waals surface area contributed by atoms with Crippen LogP contribution in [0.25, 0.3) is 16.9 Å². The van der Waals surface area contributed by atoms with E-state index in [4.69, 9.17) is 0 Å². The molecule has 4 rings (SSSR count). The van der Waals surface area contributed by atoms with Crippen LogP contribution >= 0.6 is 0 Å². The van der Waals surface area contributed by atoms with Crippen molar-refractivity contribution in [3.05, 3.63) is 106 Å². The summed E-state index contributed by atoms with van der Waals surface area (Å²) in [5.41, 5.74) is 3.58. The molecule has 0 aliphatic heterocycles. The predicted molar refractivity (Wildman–Crippen MR) is 128 cm³/mol. The number of nitro benzene ring substituents is 1. The summed E-state index contributed by atoms with van der Waals surface area (Å²) in [6, 6.07) is 22.1. The molecule has 1 heterocycles. The summed E-state index contributed by atoms with van der Waals surface area (Å²) >= 11 is 0. The molecule has 3 aromatic carbocycles. The van der Waals surface area contributed by atoms with Gasteiger partial charge in [-0.1, -0.05) is 24.3 Å². The van der Waals surface area contributed by atoms with E-state index in [2.05, 4.69) is 15.7 Å². The fraction of sp³-hybridized carbons (Fsp3) is 0.0800. The fourth-order valence-electron chi connectivity index (χ4n) is 3.50. The van der Waals surface area contributed by atoms with Crippen molar-refractivity contribution in [2.75, 3.05) is 12.4 Å². The van der Waals surface area contributed by atoms with Crippen LogP contribution in [0.4, 0.5) is 11.4 Å². The molecule has 0 aliphatic carbocycles. The molecule has 0 atom stereocenters. The first-order chi connectivity index (χ1) is 16.4. The van der Waals surface area contributed by atoms with Crippen molar-refractivity contribution >= 4 is 23.2 Å². The lowest BCUT2D eigenvalue weighted by Crippen LogP contribution is -2.19. The van der Waals surface area contributed by atoms with Crippen molar-refractivity contribution in [1.29, 1.82) is 0 Å². The molecular formula is C25H21N5O4. The molecule has 4 aromatic rings. The summed E-state index contributed by atoms with van der Waals surface area (Å²) < 4.78 is 1.67. The summed E-state index contributed by atoms with van der Waals surface area (Å²) in [5.74, 6) is -0.537. The van der Waals surface area contributed by atoms with Crippen molar-refractivity contribution in [2.45, 2.75) is 6.42 Å². The number of non-ortho nitro benzene ring substituents is 1. The minimum atomic E-state index is -0.465. The van der Waals surface area contributed by atoms with Gasteiger partial charge in [-0.25, -0.2) is 4.68 Å². The number of nitro groups is 1. The zero-order valence-corrected chi connectivity index (χ0v) is 18.3. The normalized spacial score (nSPS) is 10.5. The molecule has 9 heteroatoms. The van der Waals surface area contributed by atoms with Crippen molar-refractivity contribution in [3.8, 4) is 16.9 Å². The number of aromatic nitrogens is 2. The summed E-state index contributed by atoms with van der Waals surface area (Å²) in [6.07, 6.45) is 1.79. The zero-order valence-electron chi connectivity index (χ0n) is 18.3. The number of hydrogen-bond donors (Lipinski definition) is 2. The number of anilines is 1. The number of carbonyl (C=O) groups is 2. The van der Waals surface area contributed by atoms with Gasteiger partial charge in [0.25, 0.3) is 11.6 Å². The van der Waals surface area contributed by atoms with Gasteiger partial charge in [0.05, 0.1) is 22.7 Å². The summed E-state index contributed by atoms with van der Waals surface area (Å²) in [4.78, 5) is 35.3. The van der Waals surface area contributed by atoms with Crippen LogP contribution in [0.5, 0.6) is 0 Å². The van der Waals surface area contributed by atoms with Crippen LogP contribution in [0.3, 0.4) is 0 Å². The average Bonchev–Trinajstić information content (AvgIpc) is 3.27. The van der Waals surface area contributed by atoms with E-state index < -0.39 is 4.92 Å². The van der Waals surface area contributed by atoms with Gasteiger partial charge in [-0.15, -0.1) is 0 Å². The number of hydrogen-bond acceptors (Lipinski definition) is 5. The van der Waals surface area contributed by atoms with Crippen molar-refractivity contribution in [3.63, 3.8) is 0 Å².